The summed E-state index contributed by atoms with van der Waals surface area (Å²) in [6.07, 6.45) is 4.20. The van der Waals surface area contributed by atoms with E-state index in [0.717, 1.165) is 25.2 Å². The highest BCUT2D eigenvalue weighted by atomic mass is 16.3. The molecule has 7 nitrogen and oxygen atoms in total. The van der Waals surface area contributed by atoms with Gasteiger partial charge in [0.05, 0.1) is 23.7 Å². The van der Waals surface area contributed by atoms with Crippen molar-refractivity contribution in [3.05, 3.63) is 46.3 Å². The number of carbonyl (C=O) groups excluding carboxylic acids is 1. The molecule has 0 aliphatic carbocycles. The molecule has 2 aromatic rings. The molecule has 0 radical (unpaired) electrons. The minimum Gasteiger partial charge on any atom is -0.469 e. The molecule has 0 unspecified atom stereocenters. The summed E-state index contributed by atoms with van der Waals surface area (Å²) in [4.78, 5) is 25.9. The number of hydrogen-bond donors (Lipinski definition) is 1. The van der Waals surface area contributed by atoms with E-state index in [4.69, 9.17) is 4.42 Å². The van der Waals surface area contributed by atoms with Crippen molar-refractivity contribution in [1.82, 2.24) is 15.1 Å². The van der Waals surface area contributed by atoms with Gasteiger partial charge in [0.2, 0.25) is 0 Å². The van der Waals surface area contributed by atoms with E-state index in [9.17, 15) is 9.59 Å². The lowest BCUT2D eigenvalue weighted by Gasteiger charge is -2.18. The van der Waals surface area contributed by atoms with Gasteiger partial charge in [-0.05, 0) is 25.3 Å². The summed E-state index contributed by atoms with van der Waals surface area (Å²) < 4.78 is 6.46. The van der Waals surface area contributed by atoms with Crippen LogP contribution in [-0.2, 0) is 7.05 Å². The fourth-order valence-electron chi connectivity index (χ4n) is 2.82. The zero-order valence-electron chi connectivity index (χ0n) is 13.3. The molecule has 0 spiro atoms. The first-order valence-electron chi connectivity index (χ1n) is 7.65. The van der Waals surface area contributed by atoms with Crippen LogP contribution in [-0.4, -0.2) is 35.3 Å². The quantitative estimate of drug-likeness (QED) is 0.908. The predicted molar refractivity (Wildman–Crippen MR) is 85.6 cm³/mol. The van der Waals surface area contributed by atoms with Crippen LogP contribution in [0.4, 0.5) is 5.69 Å². The lowest BCUT2D eigenvalue weighted by Crippen LogP contribution is -2.31. The first-order chi connectivity index (χ1) is 11.0. The second-order valence-corrected chi connectivity index (χ2v) is 5.88. The molecule has 1 saturated heterocycles. The van der Waals surface area contributed by atoms with E-state index < -0.39 is 0 Å². The molecule has 0 bridgehead atoms. The van der Waals surface area contributed by atoms with E-state index in [1.807, 2.05) is 0 Å². The molecule has 1 fully saturated rings. The number of nitrogens with one attached hydrogen (secondary N) is 1. The summed E-state index contributed by atoms with van der Waals surface area (Å²) in [5.41, 5.74) is 1.30. The minimum atomic E-state index is -0.116. The molecule has 1 atom stereocenters. The fraction of sp³-hybridized carbons (Fsp3) is 0.438. The van der Waals surface area contributed by atoms with Gasteiger partial charge < -0.3 is 14.6 Å². The van der Waals surface area contributed by atoms with Gasteiger partial charge in [-0.1, -0.05) is 0 Å². The third-order valence-corrected chi connectivity index (χ3v) is 4.26. The minimum absolute atomic E-state index is 0.107. The molecule has 3 heterocycles. The monoisotopic (exact) mass is 316 g/mol. The molecule has 122 valence electrons. The standard InChI is InChI=1S/C16H20N4O3/c1-11-14(4-6-23-11)16(22)17-8-12-3-5-20(10-12)13-7-15(21)19(2)18-9-13/h4,6-7,9,12H,3,5,8,10H2,1-2H3,(H,17,22)/t12-/m0/s1. The molecule has 0 saturated carbocycles. The smallest absolute Gasteiger partial charge is 0.268 e. The average Bonchev–Trinajstić information content (AvgIpc) is 3.16. The van der Waals surface area contributed by atoms with Gasteiger partial charge in [-0.3, -0.25) is 9.59 Å². The first kappa shape index (κ1) is 15.3. The van der Waals surface area contributed by atoms with E-state index >= 15 is 0 Å². The van der Waals surface area contributed by atoms with E-state index in [2.05, 4.69) is 15.3 Å². The van der Waals surface area contributed by atoms with E-state index in [1.54, 1.807) is 32.3 Å². The summed E-state index contributed by atoms with van der Waals surface area (Å²) in [5.74, 6) is 0.877. The number of furan rings is 1. The van der Waals surface area contributed by atoms with Crippen LogP contribution in [0.2, 0.25) is 0 Å². The van der Waals surface area contributed by atoms with Crippen LogP contribution in [0, 0.1) is 12.8 Å². The summed E-state index contributed by atoms with van der Waals surface area (Å²) in [6, 6.07) is 3.28. The second-order valence-electron chi connectivity index (χ2n) is 5.88. The van der Waals surface area contributed by atoms with Crippen LogP contribution in [0.15, 0.2) is 33.8 Å². The van der Waals surface area contributed by atoms with Gasteiger partial charge in [-0.15, -0.1) is 0 Å². The predicted octanol–water partition coefficient (Wildman–Crippen LogP) is 0.938. The number of hydrogen-bond acceptors (Lipinski definition) is 5. The Labute approximate surface area is 133 Å². The van der Waals surface area contributed by atoms with Gasteiger partial charge in [0.25, 0.3) is 11.5 Å². The lowest BCUT2D eigenvalue weighted by atomic mass is 10.1. The molecular weight excluding hydrogens is 296 g/mol. The van der Waals surface area contributed by atoms with Crippen LogP contribution in [0.3, 0.4) is 0 Å². The van der Waals surface area contributed by atoms with Crippen LogP contribution >= 0.6 is 0 Å². The van der Waals surface area contributed by atoms with Crippen LogP contribution in [0.1, 0.15) is 22.5 Å². The number of aromatic nitrogens is 2. The molecule has 1 N–H and O–H groups in total. The zero-order valence-corrected chi connectivity index (χ0v) is 13.3. The fourth-order valence-corrected chi connectivity index (χ4v) is 2.82. The van der Waals surface area contributed by atoms with Gasteiger partial charge in [-0.25, -0.2) is 4.68 Å². The third-order valence-electron chi connectivity index (χ3n) is 4.26. The van der Waals surface area contributed by atoms with Crippen molar-refractivity contribution >= 4 is 11.6 Å². The van der Waals surface area contributed by atoms with Gasteiger partial charge in [0.15, 0.2) is 0 Å². The zero-order chi connectivity index (χ0) is 16.4. The Kier molecular flexibility index (Phi) is 4.18. The maximum atomic E-state index is 12.1. The van der Waals surface area contributed by atoms with Crippen molar-refractivity contribution in [3.8, 4) is 0 Å². The average molecular weight is 316 g/mol. The van der Waals surface area contributed by atoms with Crippen molar-refractivity contribution in [2.45, 2.75) is 13.3 Å². The molecular formula is C16H20N4O3. The van der Waals surface area contributed by atoms with Crippen molar-refractivity contribution < 1.29 is 9.21 Å². The van der Waals surface area contributed by atoms with Gasteiger partial charge in [0.1, 0.15) is 5.76 Å². The molecule has 0 aromatic carbocycles. The van der Waals surface area contributed by atoms with Crippen molar-refractivity contribution in [3.63, 3.8) is 0 Å². The number of anilines is 1. The molecule has 1 aliphatic heterocycles. The Bertz CT molecular complexity index is 765. The largest absolute Gasteiger partial charge is 0.469 e. The van der Waals surface area contributed by atoms with E-state index in [1.165, 1.54) is 10.9 Å². The van der Waals surface area contributed by atoms with E-state index in [-0.39, 0.29) is 11.5 Å². The highest BCUT2D eigenvalue weighted by molar-refractivity contribution is 5.95. The Morgan fingerprint density at radius 2 is 2.35 bits per heavy atom. The normalized spacial score (nSPS) is 17.5. The third kappa shape index (κ3) is 3.28. The SMILES string of the molecule is Cc1occc1C(=O)NC[C@@H]1CCN(c2cnn(C)c(=O)c2)C1. The molecule has 1 aliphatic rings. The van der Waals surface area contributed by atoms with Crippen LogP contribution in [0.25, 0.3) is 0 Å². The topological polar surface area (TPSA) is 80.4 Å². The summed E-state index contributed by atoms with van der Waals surface area (Å²) in [5, 5.41) is 7.00. The number of carbonyl (C=O) groups is 1. The van der Waals surface area contributed by atoms with Crippen molar-refractivity contribution in [2.75, 3.05) is 24.5 Å². The Morgan fingerprint density at radius 3 is 3.04 bits per heavy atom. The summed E-state index contributed by atoms with van der Waals surface area (Å²) >= 11 is 0. The number of nitrogens with zero attached hydrogens (tertiary/aromatic N) is 3. The molecule has 3 rings (SSSR count). The summed E-state index contributed by atoms with van der Waals surface area (Å²) in [6.45, 7) is 4.05. The number of aryl methyl sites for hydroxylation is 2. The van der Waals surface area contributed by atoms with Gasteiger partial charge in [-0.2, -0.15) is 5.10 Å². The number of rotatable bonds is 4. The van der Waals surface area contributed by atoms with Crippen LogP contribution < -0.4 is 15.8 Å². The van der Waals surface area contributed by atoms with E-state index in [0.29, 0.717) is 23.8 Å². The maximum absolute atomic E-state index is 12.1. The molecule has 1 amide bonds. The Hall–Kier alpha value is -2.57. The molecule has 2 aromatic heterocycles. The second kappa shape index (κ2) is 6.28. The Balaban J connectivity index is 1.56. The van der Waals surface area contributed by atoms with Crippen molar-refractivity contribution in [1.29, 1.82) is 0 Å². The highest BCUT2D eigenvalue weighted by Crippen LogP contribution is 2.21. The number of amides is 1. The Morgan fingerprint density at radius 1 is 1.52 bits per heavy atom. The van der Waals surface area contributed by atoms with Crippen molar-refractivity contribution in [2.24, 2.45) is 13.0 Å². The van der Waals surface area contributed by atoms with Gasteiger partial charge >= 0.3 is 0 Å². The highest BCUT2D eigenvalue weighted by Gasteiger charge is 2.24. The molecule has 23 heavy (non-hydrogen) atoms. The van der Waals surface area contributed by atoms with Gasteiger partial charge in [0, 0.05) is 32.7 Å². The lowest BCUT2D eigenvalue weighted by molar-refractivity contribution is 0.0946. The maximum Gasteiger partial charge on any atom is 0.268 e. The summed E-state index contributed by atoms with van der Waals surface area (Å²) in [7, 11) is 1.63. The molecule has 7 heteroatoms. The first-order valence-corrected chi connectivity index (χ1v) is 7.65. The van der Waals surface area contributed by atoms with Crippen LogP contribution in [0.5, 0.6) is 0 Å².